The highest BCUT2D eigenvalue weighted by molar-refractivity contribution is 9.10. The van der Waals surface area contributed by atoms with Gasteiger partial charge >= 0.3 is 0 Å². The number of nitrogens with one attached hydrogen (secondary N) is 2. The summed E-state index contributed by atoms with van der Waals surface area (Å²) in [5, 5.41) is 0.605. The number of hydrogen-bond acceptors (Lipinski definition) is 5. The largest absolute Gasteiger partial charge is 0.350 e. The van der Waals surface area contributed by atoms with Gasteiger partial charge in [-0.05, 0) is 74.9 Å². The van der Waals surface area contributed by atoms with E-state index in [1.165, 1.54) is 11.6 Å². The van der Waals surface area contributed by atoms with Gasteiger partial charge in [0.2, 0.25) is 0 Å². The molecule has 2 N–H and O–H groups in total. The molecule has 7 nitrogen and oxygen atoms in total. The summed E-state index contributed by atoms with van der Waals surface area (Å²) in [4.78, 5) is 39.0. The maximum absolute atomic E-state index is 13.3. The number of nitrogens with zero attached hydrogens (tertiary/aromatic N) is 2. The lowest BCUT2D eigenvalue weighted by atomic mass is 9.85. The first kappa shape index (κ1) is 26.7. The van der Waals surface area contributed by atoms with Crippen molar-refractivity contribution in [3.8, 4) is 0 Å². The van der Waals surface area contributed by atoms with Gasteiger partial charge in [0, 0.05) is 53.2 Å². The van der Waals surface area contributed by atoms with Crippen LogP contribution in [0.2, 0.25) is 0 Å². The molecule has 38 heavy (non-hydrogen) atoms. The number of pyridine rings is 1. The number of hydrogen-bond donors (Lipinski definition) is 2. The summed E-state index contributed by atoms with van der Waals surface area (Å²) in [6.07, 6.45) is 3.77. The molecule has 1 amide bonds. The average molecular weight is 580 g/mol. The minimum atomic E-state index is -0.122. The summed E-state index contributed by atoms with van der Waals surface area (Å²) in [6, 6.07) is 17.1. The van der Waals surface area contributed by atoms with Crippen LogP contribution < -0.4 is 10.9 Å². The lowest BCUT2D eigenvalue weighted by Crippen LogP contribution is -2.56. The van der Waals surface area contributed by atoms with Crippen molar-refractivity contribution in [3.05, 3.63) is 86.1 Å². The third-order valence-corrected chi connectivity index (χ3v) is 8.56. The highest BCUT2D eigenvalue weighted by atomic mass is 79.9. The maximum atomic E-state index is 13.3. The first-order valence-electron chi connectivity index (χ1n) is 13.4. The van der Waals surface area contributed by atoms with E-state index in [4.69, 9.17) is 4.84 Å². The van der Waals surface area contributed by atoms with Crippen molar-refractivity contribution < 1.29 is 9.63 Å². The van der Waals surface area contributed by atoms with Crippen LogP contribution in [0.1, 0.15) is 55.6 Å². The van der Waals surface area contributed by atoms with Crippen LogP contribution in [-0.2, 0) is 4.84 Å². The van der Waals surface area contributed by atoms with E-state index in [1.54, 1.807) is 6.07 Å². The SMILES string of the molecule is CCONC(=C1CCN(C2(C)CCN(C(=O)c3cc(=O)c4ccccc4[nH]3)CC2)CC1)c1ccc(Br)cc1. The van der Waals surface area contributed by atoms with Crippen molar-refractivity contribution in [2.24, 2.45) is 0 Å². The van der Waals surface area contributed by atoms with E-state index in [2.05, 4.69) is 62.5 Å². The highest BCUT2D eigenvalue weighted by Crippen LogP contribution is 2.34. The lowest BCUT2D eigenvalue weighted by Gasteiger charge is -2.48. The minimum Gasteiger partial charge on any atom is -0.350 e. The molecule has 0 unspecified atom stereocenters. The van der Waals surface area contributed by atoms with Crippen LogP contribution in [-0.4, -0.2) is 59.0 Å². The number of carbonyl (C=O) groups is 1. The number of fused-ring (bicyclic) bond motifs is 1. The molecule has 3 aromatic rings. The predicted molar refractivity (Wildman–Crippen MR) is 155 cm³/mol. The van der Waals surface area contributed by atoms with E-state index in [0.717, 1.165) is 54.5 Å². The molecule has 200 valence electrons. The van der Waals surface area contributed by atoms with Crippen LogP contribution >= 0.6 is 15.9 Å². The number of H-pyrrole nitrogens is 1. The van der Waals surface area contributed by atoms with Crippen molar-refractivity contribution in [2.75, 3.05) is 32.8 Å². The fourth-order valence-corrected chi connectivity index (χ4v) is 5.92. The van der Waals surface area contributed by atoms with Crippen molar-refractivity contribution in [2.45, 2.75) is 45.1 Å². The Morgan fingerprint density at radius 3 is 2.42 bits per heavy atom. The van der Waals surface area contributed by atoms with E-state index < -0.39 is 0 Å². The van der Waals surface area contributed by atoms with Gasteiger partial charge in [-0.1, -0.05) is 40.2 Å². The zero-order chi connectivity index (χ0) is 26.7. The quantitative estimate of drug-likeness (QED) is 0.386. The van der Waals surface area contributed by atoms with Gasteiger partial charge in [-0.15, -0.1) is 0 Å². The van der Waals surface area contributed by atoms with Gasteiger partial charge in [0.1, 0.15) is 5.69 Å². The monoisotopic (exact) mass is 578 g/mol. The number of rotatable bonds is 6. The van der Waals surface area contributed by atoms with Crippen LogP contribution in [0.5, 0.6) is 0 Å². The van der Waals surface area contributed by atoms with Crippen molar-refractivity contribution in [1.82, 2.24) is 20.3 Å². The summed E-state index contributed by atoms with van der Waals surface area (Å²) in [5.74, 6) is -0.0973. The fraction of sp³-hybridized carbons (Fsp3) is 0.400. The van der Waals surface area contributed by atoms with Crippen molar-refractivity contribution in [3.63, 3.8) is 0 Å². The maximum Gasteiger partial charge on any atom is 0.270 e. The number of likely N-dealkylation sites (tertiary alicyclic amines) is 2. The topological polar surface area (TPSA) is 77.7 Å². The summed E-state index contributed by atoms with van der Waals surface area (Å²) in [6.45, 7) is 8.22. The van der Waals surface area contributed by atoms with Gasteiger partial charge in [0.15, 0.2) is 5.43 Å². The number of hydroxylamine groups is 1. The molecule has 2 aromatic carbocycles. The first-order valence-corrected chi connectivity index (χ1v) is 14.2. The molecule has 0 aliphatic carbocycles. The van der Waals surface area contributed by atoms with Crippen molar-refractivity contribution >= 4 is 38.4 Å². The Morgan fingerprint density at radius 1 is 1.05 bits per heavy atom. The molecular formula is C30H35BrN4O3. The number of amides is 1. The van der Waals surface area contributed by atoms with Gasteiger partial charge < -0.3 is 9.88 Å². The van der Waals surface area contributed by atoms with Gasteiger partial charge in [-0.2, -0.15) is 0 Å². The molecule has 0 radical (unpaired) electrons. The number of benzene rings is 2. The Morgan fingerprint density at radius 2 is 1.74 bits per heavy atom. The van der Waals surface area contributed by atoms with E-state index in [-0.39, 0.29) is 16.9 Å². The molecule has 2 aliphatic rings. The summed E-state index contributed by atoms with van der Waals surface area (Å²) in [5.41, 5.74) is 7.79. The first-order chi connectivity index (χ1) is 18.4. The molecule has 0 bridgehead atoms. The van der Waals surface area contributed by atoms with Gasteiger partial charge in [-0.25, -0.2) is 0 Å². The molecule has 1 aromatic heterocycles. The van der Waals surface area contributed by atoms with Crippen LogP contribution in [0.3, 0.4) is 0 Å². The summed E-state index contributed by atoms with van der Waals surface area (Å²) in [7, 11) is 0. The zero-order valence-corrected chi connectivity index (χ0v) is 23.6. The molecule has 2 fully saturated rings. The highest BCUT2D eigenvalue weighted by Gasteiger charge is 2.38. The lowest BCUT2D eigenvalue weighted by molar-refractivity contribution is 0.0253. The molecule has 0 saturated carbocycles. The molecule has 8 heteroatoms. The molecule has 3 heterocycles. The van der Waals surface area contributed by atoms with E-state index in [0.29, 0.717) is 36.3 Å². The van der Waals surface area contributed by atoms with Crippen LogP contribution in [0.4, 0.5) is 0 Å². The normalized spacial score (nSPS) is 18.0. The Bertz CT molecular complexity index is 1380. The molecule has 2 aliphatic heterocycles. The van der Waals surface area contributed by atoms with Crippen LogP contribution in [0.15, 0.2) is 69.4 Å². The number of para-hydroxylation sites is 1. The summed E-state index contributed by atoms with van der Waals surface area (Å²) < 4.78 is 1.06. The van der Waals surface area contributed by atoms with Gasteiger partial charge in [0.25, 0.3) is 5.91 Å². The molecule has 5 rings (SSSR count). The molecule has 0 spiro atoms. The number of carbonyl (C=O) groups excluding carboxylic acids is 1. The molecular weight excluding hydrogens is 544 g/mol. The van der Waals surface area contributed by atoms with E-state index in [1.807, 2.05) is 30.0 Å². The predicted octanol–water partition coefficient (Wildman–Crippen LogP) is 5.33. The molecule has 0 atom stereocenters. The standard InChI is InChI=1S/C30H35BrN4O3/c1-3-38-33-28(21-8-10-23(31)11-9-21)22-12-16-35(17-13-22)30(2)14-18-34(19-15-30)29(37)26-20-27(36)24-6-4-5-7-25(24)32-26/h4-11,20,33H,3,12-19H2,1-2H3,(H,32,36). The smallest absolute Gasteiger partial charge is 0.270 e. The van der Waals surface area contributed by atoms with Gasteiger partial charge in [-0.3, -0.25) is 24.8 Å². The Hall–Kier alpha value is -2.94. The van der Waals surface area contributed by atoms with E-state index >= 15 is 0 Å². The van der Waals surface area contributed by atoms with Crippen molar-refractivity contribution in [1.29, 1.82) is 0 Å². The third kappa shape index (κ3) is 5.58. The fourth-order valence-electron chi connectivity index (χ4n) is 5.65. The second-order valence-corrected chi connectivity index (χ2v) is 11.3. The Balaban J connectivity index is 1.24. The number of aromatic nitrogens is 1. The third-order valence-electron chi connectivity index (χ3n) is 8.03. The van der Waals surface area contributed by atoms with Crippen LogP contribution in [0, 0.1) is 0 Å². The Labute approximate surface area is 231 Å². The zero-order valence-electron chi connectivity index (χ0n) is 22.1. The van der Waals surface area contributed by atoms with E-state index in [9.17, 15) is 9.59 Å². The number of aromatic amines is 1. The molecule has 2 saturated heterocycles. The minimum absolute atomic E-state index is 0.0459. The second kappa shape index (κ2) is 11.4. The second-order valence-electron chi connectivity index (χ2n) is 10.4. The number of piperidine rings is 2. The number of halogens is 1. The summed E-state index contributed by atoms with van der Waals surface area (Å²) >= 11 is 3.53. The Kier molecular flexibility index (Phi) is 8.02. The average Bonchev–Trinajstić information content (AvgIpc) is 2.94. The van der Waals surface area contributed by atoms with Gasteiger partial charge in [0.05, 0.1) is 12.3 Å². The van der Waals surface area contributed by atoms with Crippen LogP contribution in [0.25, 0.3) is 16.6 Å².